The summed E-state index contributed by atoms with van der Waals surface area (Å²) in [5.74, 6) is 1.81. The Morgan fingerprint density at radius 3 is 2.74 bits per heavy atom. The van der Waals surface area contributed by atoms with Crippen LogP contribution in [0.5, 0.6) is 0 Å². The van der Waals surface area contributed by atoms with Crippen molar-refractivity contribution in [1.29, 1.82) is 0 Å². The third-order valence-electron chi connectivity index (χ3n) is 5.80. The lowest BCUT2D eigenvalue weighted by atomic mass is 9.75. The van der Waals surface area contributed by atoms with Gasteiger partial charge in [0.2, 0.25) is 0 Å². The van der Waals surface area contributed by atoms with Crippen LogP contribution in [0.2, 0.25) is 0 Å². The molecule has 4 fully saturated rings. The van der Waals surface area contributed by atoms with Crippen LogP contribution in [0.1, 0.15) is 25.7 Å². The molecule has 2 bridgehead atoms. The molecule has 5 nitrogen and oxygen atoms in total. The highest BCUT2D eigenvalue weighted by atomic mass is 32.1. The molecule has 0 saturated carbocycles. The van der Waals surface area contributed by atoms with Gasteiger partial charge in [-0.2, -0.15) is 0 Å². The summed E-state index contributed by atoms with van der Waals surface area (Å²) in [7, 11) is 1.71. The molecule has 0 aromatic heterocycles. The van der Waals surface area contributed by atoms with Crippen molar-refractivity contribution in [3.05, 3.63) is 0 Å². The van der Waals surface area contributed by atoms with Crippen LogP contribution in [0, 0.1) is 11.8 Å². The molecule has 4 heterocycles. The molecule has 0 amide bonds. The van der Waals surface area contributed by atoms with Crippen molar-refractivity contribution >= 4 is 17.3 Å². The maximum Gasteiger partial charge on any atom is 0.166 e. The van der Waals surface area contributed by atoms with Gasteiger partial charge in [-0.1, -0.05) is 0 Å². The Bertz CT molecular complexity index is 389. The molecule has 23 heavy (non-hydrogen) atoms. The average Bonchev–Trinajstić information content (AvgIpc) is 3.07. The smallest absolute Gasteiger partial charge is 0.166 e. The SMILES string of the molecule is COCCNC(=S)NCC1CC2CCN1CC2CN1CCCC1. The fourth-order valence-electron chi connectivity index (χ4n) is 4.51. The topological polar surface area (TPSA) is 39.8 Å². The molecule has 132 valence electrons. The molecular formula is C17H32N4OS. The predicted octanol–water partition coefficient (Wildman–Crippen LogP) is 0.903. The van der Waals surface area contributed by atoms with E-state index in [0.29, 0.717) is 12.6 Å². The number of methoxy groups -OCH3 is 1. The predicted molar refractivity (Wildman–Crippen MR) is 97.7 cm³/mol. The third-order valence-corrected chi connectivity index (χ3v) is 6.08. The molecule has 0 spiro atoms. The molecule has 2 N–H and O–H groups in total. The molecule has 4 unspecified atom stereocenters. The van der Waals surface area contributed by atoms with Crippen LogP contribution < -0.4 is 10.6 Å². The summed E-state index contributed by atoms with van der Waals surface area (Å²) in [5, 5.41) is 7.35. The molecule has 4 aliphatic heterocycles. The lowest BCUT2D eigenvalue weighted by Crippen LogP contribution is -2.58. The number of rotatable bonds is 7. The molecule has 4 aliphatic rings. The molecule has 4 saturated heterocycles. The van der Waals surface area contributed by atoms with Gasteiger partial charge in [-0.15, -0.1) is 0 Å². The van der Waals surface area contributed by atoms with Gasteiger partial charge < -0.3 is 20.3 Å². The lowest BCUT2D eigenvalue weighted by molar-refractivity contribution is -0.00799. The zero-order valence-electron chi connectivity index (χ0n) is 14.4. The normalized spacial score (nSPS) is 33.8. The number of fused-ring (bicyclic) bond motifs is 3. The minimum Gasteiger partial charge on any atom is -0.383 e. The van der Waals surface area contributed by atoms with E-state index in [9.17, 15) is 0 Å². The molecule has 0 aliphatic carbocycles. The Hall–Kier alpha value is -0.430. The van der Waals surface area contributed by atoms with E-state index in [1.54, 1.807) is 7.11 Å². The van der Waals surface area contributed by atoms with Crippen LogP contribution in [0.3, 0.4) is 0 Å². The summed E-state index contributed by atoms with van der Waals surface area (Å²) in [4.78, 5) is 5.39. The van der Waals surface area contributed by atoms with Crippen LogP contribution in [0.4, 0.5) is 0 Å². The quantitative estimate of drug-likeness (QED) is 0.530. The van der Waals surface area contributed by atoms with Crippen molar-refractivity contribution in [2.24, 2.45) is 11.8 Å². The second kappa shape index (κ2) is 8.60. The van der Waals surface area contributed by atoms with Gasteiger partial charge in [0.25, 0.3) is 0 Å². The van der Waals surface area contributed by atoms with Gasteiger partial charge in [-0.05, 0) is 69.4 Å². The van der Waals surface area contributed by atoms with E-state index in [1.807, 2.05) is 0 Å². The van der Waals surface area contributed by atoms with E-state index in [0.717, 1.165) is 30.0 Å². The maximum atomic E-state index is 5.34. The molecule has 6 heteroatoms. The minimum absolute atomic E-state index is 0.658. The zero-order chi connectivity index (χ0) is 16.1. The summed E-state index contributed by atoms with van der Waals surface area (Å²) < 4.78 is 5.03. The Balaban J connectivity index is 1.39. The van der Waals surface area contributed by atoms with Crippen molar-refractivity contribution < 1.29 is 4.74 Å². The first-order chi connectivity index (χ1) is 11.3. The highest BCUT2D eigenvalue weighted by Gasteiger charge is 2.40. The number of ether oxygens (including phenoxy) is 1. The summed E-state index contributed by atoms with van der Waals surface area (Å²) in [6, 6.07) is 0.658. The van der Waals surface area contributed by atoms with E-state index in [1.165, 1.54) is 58.4 Å². The molecular weight excluding hydrogens is 308 g/mol. The number of hydrogen-bond acceptors (Lipinski definition) is 4. The average molecular weight is 341 g/mol. The summed E-state index contributed by atoms with van der Waals surface area (Å²) in [5.41, 5.74) is 0. The highest BCUT2D eigenvalue weighted by molar-refractivity contribution is 7.80. The van der Waals surface area contributed by atoms with Gasteiger partial charge >= 0.3 is 0 Å². The van der Waals surface area contributed by atoms with Crippen molar-refractivity contribution in [3.63, 3.8) is 0 Å². The van der Waals surface area contributed by atoms with Gasteiger partial charge in [-0.3, -0.25) is 4.90 Å². The second-order valence-electron chi connectivity index (χ2n) is 7.33. The van der Waals surface area contributed by atoms with Crippen molar-refractivity contribution in [2.45, 2.75) is 31.7 Å². The monoisotopic (exact) mass is 340 g/mol. The van der Waals surface area contributed by atoms with Crippen LogP contribution in [-0.4, -0.2) is 80.5 Å². The largest absolute Gasteiger partial charge is 0.383 e. The Labute approximate surface area is 146 Å². The molecule has 0 aromatic carbocycles. The summed E-state index contributed by atoms with van der Waals surface area (Å²) in [6.45, 7) is 9.00. The van der Waals surface area contributed by atoms with E-state index in [4.69, 9.17) is 17.0 Å². The first-order valence-corrected chi connectivity index (χ1v) is 9.64. The zero-order valence-corrected chi connectivity index (χ0v) is 15.2. The van der Waals surface area contributed by atoms with Gasteiger partial charge in [0.15, 0.2) is 5.11 Å². The fraction of sp³-hybridized carbons (Fsp3) is 0.941. The van der Waals surface area contributed by atoms with E-state index in [-0.39, 0.29) is 0 Å². The Morgan fingerprint density at radius 1 is 1.22 bits per heavy atom. The third kappa shape index (κ3) is 4.78. The van der Waals surface area contributed by atoms with Gasteiger partial charge in [0.1, 0.15) is 0 Å². The number of nitrogens with one attached hydrogen (secondary N) is 2. The van der Waals surface area contributed by atoms with Gasteiger partial charge in [0.05, 0.1) is 6.61 Å². The van der Waals surface area contributed by atoms with E-state index in [2.05, 4.69) is 20.4 Å². The number of piperidine rings is 3. The first-order valence-electron chi connectivity index (χ1n) is 9.23. The number of nitrogens with zero attached hydrogens (tertiary/aromatic N) is 2. The van der Waals surface area contributed by atoms with Crippen molar-refractivity contribution in [2.75, 3.05) is 59.5 Å². The maximum absolute atomic E-state index is 5.34. The Morgan fingerprint density at radius 2 is 2.04 bits per heavy atom. The summed E-state index contributed by atoms with van der Waals surface area (Å²) in [6.07, 6.45) is 5.54. The van der Waals surface area contributed by atoms with Gasteiger partial charge in [-0.25, -0.2) is 0 Å². The molecule has 4 atom stereocenters. The minimum atomic E-state index is 0.658. The molecule has 0 aromatic rings. The van der Waals surface area contributed by atoms with Crippen molar-refractivity contribution in [1.82, 2.24) is 20.4 Å². The highest BCUT2D eigenvalue weighted by Crippen LogP contribution is 2.36. The number of likely N-dealkylation sites (tertiary alicyclic amines) is 1. The lowest BCUT2D eigenvalue weighted by Gasteiger charge is -2.50. The number of hydrogen-bond donors (Lipinski definition) is 2. The van der Waals surface area contributed by atoms with Crippen LogP contribution in [0.25, 0.3) is 0 Å². The van der Waals surface area contributed by atoms with Gasteiger partial charge in [0, 0.05) is 39.3 Å². The standard InChI is InChI=1S/C17H32N4OS/c1-22-9-5-18-17(23)19-11-16-10-14-4-8-21(16)13-15(14)12-20-6-2-3-7-20/h14-16H,2-13H2,1H3,(H2,18,19,23). The second-order valence-corrected chi connectivity index (χ2v) is 7.74. The van der Waals surface area contributed by atoms with Crippen LogP contribution in [-0.2, 0) is 4.74 Å². The summed E-state index contributed by atoms with van der Waals surface area (Å²) >= 11 is 5.34. The molecule has 4 rings (SSSR count). The first kappa shape index (κ1) is 17.4. The fourth-order valence-corrected chi connectivity index (χ4v) is 4.69. The van der Waals surface area contributed by atoms with Crippen LogP contribution in [0.15, 0.2) is 0 Å². The Kier molecular flexibility index (Phi) is 6.51. The molecule has 0 radical (unpaired) electrons. The van der Waals surface area contributed by atoms with Crippen LogP contribution >= 0.6 is 12.2 Å². The number of thiocarbonyl (C=S) groups is 1. The van der Waals surface area contributed by atoms with E-state index < -0.39 is 0 Å². The van der Waals surface area contributed by atoms with E-state index >= 15 is 0 Å². The van der Waals surface area contributed by atoms with Crippen molar-refractivity contribution in [3.8, 4) is 0 Å².